The lowest BCUT2D eigenvalue weighted by Crippen LogP contribution is -2.19. The van der Waals surface area contributed by atoms with Gasteiger partial charge in [0.25, 0.3) is 0 Å². The average Bonchev–Trinajstić information content (AvgIpc) is 2.23. The standard InChI is InChI=1S/C13H22O4/c1-9(2)8-16-12(14)6-7-13(15)17-11(5)10(3)4/h6-7,9-11H,8H2,1-5H3/b7-6+. The minimum Gasteiger partial charge on any atom is -0.462 e. The molecule has 0 saturated carbocycles. The summed E-state index contributed by atoms with van der Waals surface area (Å²) in [5, 5.41) is 0. The average molecular weight is 242 g/mol. The van der Waals surface area contributed by atoms with E-state index in [0.717, 1.165) is 12.2 Å². The van der Waals surface area contributed by atoms with Gasteiger partial charge in [-0.05, 0) is 18.8 Å². The minimum absolute atomic E-state index is 0.168. The van der Waals surface area contributed by atoms with Gasteiger partial charge >= 0.3 is 11.9 Å². The first-order chi connectivity index (χ1) is 7.82. The Labute approximate surface area is 103 Å². The highest BCUT2D eigenvalue weighted by Gasteiger charge is 2.11. The first-order valence-electron chi connectivity index (χ1n) is 5.88. The second-order valence-electron chi connectivity index (χ2n) is 4.74. The molecule has 0 aromatic carbocycles. The van der Waals surface area contributed by atoms with Crippen molar-refractivity contribution in [1.29, 1.82) is 0 Å². The molecule has 4 heteroatoms. The minimum atomic E-state index is -0.521. The maximum absolute atomic E-state index is 11.3. The molecule has 4 nitrogen and oxygen atoms in total. The van der Waals surface area contributed by atoms with Crippen LogP contribution in [0.5, 0.6) is 0 Å². The van der Waals surface area contributed by atoms with Crippen LogP contribution in [-0.2, 0) is 19.1 Å². The van der Waals surface area contributed by atoms with Gasteiger partial charge in [0.2, 0.25) is 0 Å². The van der Waals surface area contributed by atoms with E-state index in [2.05, 4.69) is 0 Å². The van der Waals surface area contributed by atoms with E-state index in [0.29, 0.717) is 6.61 Å². The fourth-order valence-corrected chi connectivity index (χ4v) is 0.792. The molecule has 0 bridgehead atoms. The third kappa shape index (κ3) is 8.48. The summed E-state index contributed by atoms with van der Waals surface area (Å²) in [5.41, 5.74) is 0. The number of esters is 2. The van der Waals surface area contributed by atoms with Crippen molar-refractivity contribution in [1.82, 2.24) is 0 Å². The predicted molar refractivity (Wildman–Crippen MR) is 65.3 cm³/mol. The molecule has 0 N–H and O–H groups in total. The Hall–Kier alpha value is -1.32. The van der Waals surface area contributed by atoms with Crippen LogP contribution < -0.4 is 0 Å². The first-order valence-corrected chi connectivity index (χ1v) is 5.88. The second kappa shape index (κ2) is 7.87. The smallest absolute Gasteiger partial charge is 0.331 e. The molecule has 0 amide bonds. The predicted octanol–water partition coefficient (Wildman–Crippen LogP) is 2.33. The molecular formula is C13H22O4. The van der Waals surface area contributed by atoms with Crippen LogP contribution in [-0.4, -0.2) is 24.6 Å². The highest BCUT2D eigenvalue weighted by atomic mass is 16.5. The Morgan fingerprint density at radius 1 is 1.00 bits per heavy atom. The molecule has 0 fully saturated rings. The molecular weight excluding hydrogens is 220 g/mol. The fourth-order valence-electron chi connectivity index (χ4n) is 0.792. The number of hydrogen-bond donors (Lipinski definition) is 0. The van der Waals surface area contributed by atoms with E-state index < -0.39 is 11.9 Å². The molecule has 17 heavy (non-hydrogen) atoms. The van der Waals surface area contributed by atoms with Crippen LogP contribution >= 0.6 is 0 Å². The van der Waals surface area contributed by atoms with Gasteiger partial charge in [-0.2, -0.15) is 0 Å². The third-order valence-electron chi connectivity index (χ3n) is 2.16. The van der Waals surface area contributed by atoms with Crippen LogP contribution in [0, 0.1) is 11.8 Å². The molecule has 0 saturated heterocycles. The molecule has 0 aliphatic carbocycles. The Morgan fingerprint density at radius 3 is 2.00 bits per heavy atom. The lowest BCUT2D eigenvalue weighted by Gasteiger charge is -2.14. The zero-order valence-electron chi connectivity index (χ0n) is 11.2. The molecule has 1 unspecified atom stereocenters. The van der Waals surface area contributed by atoms with Crippen LogP contribution in [0.2, 0.25) is 0 Å². The summed E-state index contributed by atoms with van der Waals surface area (Å²) in [6.07, 6.45) is 2.03. The van der Waals surface area contributed by atoms with Crippen molar-refractivity contribution in [3.05, 3.63) is 12.2 Å². The van der Waals surface area contributed by atoms with Gasteiger partial charge in [0.15, 0.2) is 0 Å². The van der Waals surface area contributed by atoms with E-state index in [1.807, 2.05) is 34.6 Å². The monoisotopic (exact) mass is 242 g/mol. The van der Waals surface area contributed by atoms with Crippen LogP contribution in [0.25, 0.3) is 0 Å². The van der Waals surface area contributed by atoms with Crippen LogP contribution in [0.1, 0.15) is 34.6 Å². The van der Waals surface area contributed by atoms with Gasteiger partial charge in [0.05, 0.1) is 6.61 Å². The van der Waals surface area contributed by atoms with E-state index in [1.54, 1.807) is 0 Å². The summed E-state index contributed by atoms with van der Waals surface area (Å²) in [7, 11) is 0. The second-order valence-corrected chi connectivity index (χ2v) is 4.74. The van der Waals surface area contributed by atoms with Gasteiger partial charge in [-0.3, -0.25) is 0 Å². The lowest BCUT2D eigenvalue weighted by molar-refractivity contribution is -0.145. The van der Waals surface area contributed by atoms with Crippen LogP contribution in [0.15, 0.2) is 12.2 Å². The number of rotatable bonds is 6. The molecule has 0 heterocycles. The van der Waals surface area contributed by atoms with E-state index in [-0.39, 0.29) is 17.9 Å². The van der Waals surface area contributed by atoms with Crippen molar-refractivity contribution in [3.63, 3.8) is 0 Å². The zero-order chi connectivity index (χ0) is 13.4. The highest BCUT2D eigenvalue weighted by Crippen LogP contribution is 2.05. The molecule has 98 valence electrons. The largest absolute Gasteiger partial charge is 0.462 e. The van der Waals surface area contributed by atoms with Gasteiger partial charge in [-0.15, -0.1) is 0 Å². The summed E-state index contributed by atoms with van der Waals surface area (Å²) in [6.45, 7) is 9.95. The van der Waals surface area contributed by atoms with Gasteiger partial charge in [-0.1, -0.05) is 27.7 Å². The number of carbonyl (C=O) groups excluding carboxylic acids is 2. The van der Waals surface area contributed by atoms with E-state index >= 15 is 0 Å². The maximum Gasteiger partial charge on any atom is 0.331 e. The van der Waals surface area contributed by atoms with Crippen molar-refractivity contribution in [3.8, 4) is 0 Å². The van der Waals surface area contributed by atoms with Crippen LogP contribution in [0.3, 0.4) is 0 Å². The van der Waals surface area contributed by atoms with Crippen molar-refractivity contribution in [2.24, 2.45) is 11.8 Å². The Balaban J connectivity index is 3.98. The summed E-state index contributed by atoms with van der Waals surface area (Å²) in [5.74, 6) is -0.513. The van der Waals surface area contributed by atoms with Gasteiger partial charge in [0, 0.05) is 12.2 Å². The SMILES string of the molecule is CC(C)COC(=O)/C=C/C(=O)OC(C)C(C)C. The number of ether oxygens (including phenoxy) is 2. The van der Waals surface area contributed by atoms with Crippen LogP contribution in [0.4, 0.5) is 0 Å². The van der Waals surface area contributed by atoms with Gasteiger partial charge in [-0.25, -0.2) is 9.59 Å². The van der Waals surface area contributed by atoms with E-state index in [1.165, 1.54) is 0 Å². The normalized spacial score (nSPS) is 13.1. The Bertz CT molecular complexity index is 279. The molecule has 0 rings (SSSR count). The molecule has 0 aliphatic rings. The summed E-state index contributed by atoms with van der Waals surface area (Å²) in [6, 6.07) is 0. The zero-order valence-corrected chi connectivity index (χ0v) is 11.2. The molecule has 0 aromatic rings. The topological polar surface area (TPSA) is 52.6 Å². The van der Waals surface area contributed by atoms with E-state index in [9.17, 15) is 9.59 Å². The highest BCUT2D eigenvalue weighted by molar-refractivity contribution is 5.91. The van der Waals surface area contributed by atoms with Gasteiger partial charge in [0.1, 0.15) is 6.10 Å². The molecule has 1 atom stereocenters. The third-order valence-corrected chi connectivity index (χ3v) is 2.16. The fraction of sp³-hybridized carbons (Fsp3) is 0.692. The molecule has 0 aliphatic heterocycles. The van der Waals surface area contributed by atoms with E-state index in [4.69, 9.17) is 9.47 Å². The Kier molecular flexibility index (Phi) is 7.26. The van der Waals surface area contributed by atoms with Crippen molar-refractivity contribution in [2.75, 3.05) is 6.61 Å². The van der Waals surface area contributed by atoms with Crippen molar-refractivity contribution < 1.29 is 19.1 Å². The van der Waals surface area contributed by atoms with Crippen molar-refractivity contribution >= 4 is 11.9 Å². The van der Waals surface area contributed by atoms with Crippen molar-refractivity contribution in [2.45, 2.75) is 40.7 Å². The quantitative estimate of drug-likeness (QED) is 0.530. The maximum atomic E-state index is 11.3. The lowest BCUT2D eigenvalue weighted by atomic mass is 10.1. The summed E-state index contributed by atoms with van der Waals surface area (Å²) in [4.78, 5) is 22.4. The molecule has 0 aromatic heterocycles. The first kappa shape index (κ1) is 15.7. The Morgan fingerprint density at radius 2 is 1.53 bits per heavy atom. The summed E-state index contributed by atoms with van der Waals surface area (Å²) < 4.78 is 9.93. The summed E-state index contributed by atoms with van der Waals surface area (Å²) >= 11 is 0. The number of carbonyl (C=O) groups is 2. The molecule has 0 radical (unpaired) electrons. The number of hydrogen-bond acceptors (Lipinski definition) is 4. The van der Waals surface area contributed by atoms with Gasteiger partial charge < -0.3 is 9.47 Å². The molecule has 0 spiro atoms.